The smallest absolute Gasteiger partial charge is 0.259 e. The van der Waals surface area contributed by atoms with Crippen molar-refractivity contribution in [2.75, 3.05) is 0 Å². The Labute approximate surface area is 152 Å². The molecule has 2 heterocycles. The van der Waals surface area contributed by atoms with Crippen LogP contribution in [0.5, 0.6) is 0 Å². The number of nitrogens with zero attached hydrogens (tertiary/aromatic N) is 3. The van der Waals surface area contributed by atoms with Gasteiger partial charge in [-0.2, -0.15) is 0 Å². The molecule has 0 amide bonds. The number of hydrogen-bond donors (Lipinski definition) is 1. The molecular weight excluding hydrogens is 359 g/mol. The van der Waals surface area contributed by atoms with Gasteiger partial charge in [-0.3, -0.25) is 9.78 Å². The Morgan fingerprint density at radius 3 is 2.68 bits per heavy atom. The molecule has 0 spiro atoms. The number of aromatic nitrogens is 4. The zero-order chi connectivity index (χ0) is 17.4. The first-order valence-electron chi connectivity index (χ1n) is 7.39. The van der Waals surface area contributed by atoms with Gasteiger partial charge in [0.25, 0.3) is 5.56 Å². The second-order valence-corrected chi connectivity index (χ2v) is 6.20. The van der Waals surface area contributed by atoms with Gasteiger partial charge in [-0.05, 0) is 36.4 Å². The lowest BCUT2D eigenvalue weighted by Crippen LogP contribution is -2.10. The summed E-state index contributed by atoms with van der Waals surface area (Å²) in [5, 5.41) is 1.14. The van der Waals surface area contributed by atoms with Crippen molar-refractivity contribution in [1.82, 2.24) is 19.9 Å². The highest BCUT2D eigenvalue weighted by Gasteiger charge is 2.08. The van der Waals surface area contributed by atoms with Crippen molar-refractivity contribution in [3.63, 3.8) is 0 Å². The van der Waals surface area contributed by atoms with Gasteiger partial charge < -0.3 is 4.98 Å². The predicted molar refractivity (Wildman–Crippen MR) is 101 cm³/mol. The minimum Gasteiger partial charge on any atom is -0.305 e. The topological polar surface area (TPSA) is 71.5 Å². The first-order chi connectivity index (χ1) is 12.1. The maximum Gasteiger partial charge on any atom is 0.259 e. The van der Waals surface area contributed by atoms with E-state index in [1.165, 1.54) is 0 Å². The minimum absolute atomic E-state index is 0.261. The van der Waals surface area contributed by atoms with Gasteiger partial charge in [-0.25, -0.2) is 9.97 Å². The van der Waals surface area contributed by atoms with Crippen LogP contribution in [0.1, 0.15) is 11.5 Å². The molecule has 0 radical (unpaired) electrons. The second-order valence-electron chi connectivity index (χ2n) is 5.35. The molecule has 0 bridgehead atoms. The van der Waals surface area contributed by atoms with Gasteiger partial charge in [0.05, 0.1) is 38.9 Å². The highest BCUT2D eigenvalue weighted by Crippen LogP contribution is 2.21. The molecule has 0 fully saturated rings. The van der Waals surface area contributed by atoms with Crippen LogP contribution in [0.3, 0.4) is 0 Å². The fourth-order valence-corrected chi connectivity index (χ4v) is 2.84. The van der Waals surface area contributed by atoms with E-state index in [0.29, 0.717) is 21.6 Å². The Bertz CT molecular complexity index is 1200. The highest BCUT2D eigenvalue weighted by molar-refractivity contribution is 6.50. The normalized spacial score (nSPS) is 12.0. The molecule has 4 aromatic rings. The standard InChI is InChI=1S/C18H10Cl2N4O/c19-10-5-6-14-12(7-10)18(25)24-17(23-14)13(20)8-11-9-21-15-3-1-2-4-16(15)22-11/h1-9H,(H,23,24,25)/b13-8-. The molecule has 2 aromatic heterocycles. The van der Waals surface area contributed by atoms with Crippen molar-refractivity contribution >= 4 is 56.2 Å². The maximum atomic E-state index is 12.2. The molecule has 0 atom stereocenters. The van der Waals surface area contributed by atoms with E-state index >= 15 is 0 Å². The molecule has 5 nitrogen and oxygen atoms in total. The molecule has 0 saturated carbocycles. The van der Waals surface area contributed by atoms with Crippen LogP contribution in [0.4, 0.5) is 0 Å². The third kappa shape index (κ3) is 3.12. The van der Waals surface area contributed by atoms with E-state index < -0.39 is 0 Å². The number of para-hydroxylation sites is 2. The number of hydrogen-bond acceptors (Lipinski definition) is 4. The third-order valence-corrected chi connectivity index (χ3v) is 4.16. The predicted octanol–water partition coefficient (Wildman–Crippen LogP) is 4.26. The molecule has 0 aliphatic heterocycles. The van der Waals surface area contributed by atoms with Crippen LogP contribution in [-0.2, 0) is 0 Å². The van der Waals surface area contributed by atoms with Crippen LogP contribution >= 0.6 is 23.2 Å². The van der Waals surface area contributed by atoms with Gasteiger partial charge in [0.1, 0.15) is 0 Å². The van der Waals surface area contributed by atoms with Crippen molar-refractivity contribution < 1.29 is 0 Å². The number of benzene rings is 2. The van der Waals surface area contributed by atoms with Crippen LogP contribution in [0.2, 0.25) is 5.02 Å². The van der Waals surface area contributed by atoms with Crippen molar-refractivity contribution in [1.29, 1.82) is 0 Å². The summed E-state index contributed by atoms with van der Waals surface area (Å²) in [4.78, 5) is 28.1. The molecule has 0 saturated heterocycles. The minimum atomic E-state index is -0.307. The van der Waals surface area contributed by atoms with Crippen molar-refractivity contribution in [2.24, 2.45) is 0 Å². The first-order valence-corrected chi connectivity index (χ1v) is 8.15. The summed E-state index contributed by atoms with van der Waals surface area (Å²) in [6.45, 7) is 0. The van der Waals surface area contributed by atoms with Crippen molar-refractivity contribution in [3.8, 4) is 0 Å². The molecule has 4 rings (SSSR count). The fraction of sp³-hybridized carbons (Fsp3) is 0. The summed E-state index contributed by atoms with van der Waals surface area (Å²) in [6, 6.07) is 12.5. The number of rotatable bonds is 2. The van der Waals surface area contributed by atoms with Gasteiger partial charge in [-0.15, -0.1) is 0 Å². The first kappa shape index (κ1) is 15.7. The van der Waals surface area contributed by atoms with Crippen LogP contribution < -0.4 is 5.56 Å². The summed E-state index contributed by atoms with van der Waals surface area (Å²) in [5.74, 6) is 0.261. The summed E-state index contributed by atoms with van der Waals surface area (Å²) in [6.07, 6.45) is 3.23. The number of halogens is 2. The van der Waals surface area contributed by atoms with E-state index in [2.05, 4.69) is 19.9 Å². The number of H-pyrrole nitrogens is 1. The zero-order valence-electron chi connectivity index (χ0n) is 12.7. The van der Waals surface area contributed by atoms with Gasteiger partial charge in [0.15, 0.2) is 5.82 Å². The molecule has 1 N–H and O–H groups in total. The average molecular weight is 369 g/mol. The molecule has 7 heteroatoms. The van der Waals surface area contributed by atoms with Crippen LogP contribution in [-0.4, -0.2) is 19.9 Å². The van der Waals surface area contributed by atoms with Gasteiger partial charge in [0, 0.05) is 5.02 Å². The quantitative estimate of drug-likeness (QED) is 0.573. The fourth-order valence-electron chi connectivity index (χ4n) is 2.46. The SMILES string of the molecule is O=c1[nH]c(/C(Cl)=C/c2cnc3ccccc3n2)nc2ccc(Cl)cc12. The monoisotopic (exact) mass is 368 g/mol. The van der Waals surface area contributed by atoms with Crippen LogP contribution in [0.15, 0.2) is 53.5 Å². The number of fused-ring (bicyclic) bond motifs is 2. The number of aromatic amines is 1. The van der Waals surface area contributed by atoms with E-state index in [1.807, 2.05) is 24.3 Å². The Balaban J connectivity index is 1.79. The molecule has 122 valence electrons. The van der Waals surface area contributed by atoms with Gasteiger partial charge in [0.2, 0.25) is 0 Å². The lowest BCUT2D eigenvalue weighted by Gasteiger charge is -2.03. The largest absolute Gasteiger partial charge is 0.305 e. The lowest BCUT2D eigenvalue weighted by molar-refractivity contribution is 1.13. The molecule has 0 unspecified atom stereocenters. The zero-order valence-corrected chi connectivity index (χ0v) is 14.2. The maximum absolute atomic E-state index is 12.2. The third-order valence-electron chi connectivity index (χ3n) is 3.64. The Kier molecular flexibility index (Phi) is 3.95. The lowest BCUT2D eigenvalue weighted by atomic mass is 10.2. The number of nitrogens with one attached hydrogen (secondary N) is 1. The Morgan fingerprint density at radius 1 is 1.04 bits per heavy atom. The highest BCUT2D eigenvalue weighted by atomic mass is 35.5. The van der Waals surface area contributed by atoms with E-state index in [1.54, 1.807) is 30.5 Å². The van der Waals surface area contributed by atoms with E-state index in [-0.39, 0.29) is 16.4 Å². The Hall–Kier alpha value is -2.76. The summed E-state index contributed by atoms with van der Waals surface area (Å²) in [7, 11) is 0. The summed E-state index contributed by atoms with van der Waals surface area (Å²) < 4.78 is 0. The van der Waals surface area contributed by atoms with Crippen LogP contribution in [0, 0.1) is 0 Å². The van der Waals surface area contributed by atoms with Crippen LogP contribution in [0.25, 0.3) is 33.0 Å². The van der Waals surface area contributed by atoms with Gasteiger partial charge >= 0.3 is 0 Å². The van der Waals surface area contributed by atoms with Crippen molar-refractivity contribution in [3.05, 3.63) is 75.6 Å². The average Bonchev–Trinajstić information content (AvgIpc) is 2.62. The van der Waals surface area contributed by atoms with Crippen molar-refractivity contribution in [2.45, 2.75) is 0 Å². The van der Waals surface area contributed by atoms with E-state index in [4.69, 9.17) is 23.2 Å². The Morgan fingerprint density at radius 2 is 1.84 bits per heavy atom. The van der Waals surface area contributed by atoms with Gasteiger partial charge in [-0.1, -0.05) is 35.3 Å². The summed E-state index contributed by atoms with van der Waals surface area (Å²) in [5.41, 5.74) is 2.33. The van der Waals surface area contributed by atoms with E-state index in [0.717, 1.165) is 11.0 Å². The molecule has 0 aliphatic rings. The molecule has 25 heavy (non-hydrogen) atoms. The second kappa shape index (κ2) is 6.27. The molecule has 0 aliphatic carbocycles. The molecule has 2 aromatic carbocycles. The summed E-state index contributed by atoms with van der Waals surface area (Å²) >= 11 is 12.2. The van der Waals surface area contributed by atoms with E-state index in [9.17, 15) is 4.79 Å². The molecular formula is C18H10Cl2N4O.